The lowest BCUT2D eigenvalue weighted by Crippen LogP contribution is -2.41. The number of anilines is 1. The highest BCUT2D eigenvalue weighted by atomic mass is 35.5. The largest absolute Gasteiger partial charge is 0.480 e. The van der Waals surface area contributed by atoms with E-state index >= 15 is 0 Å². The Balaban J connectivity index is 2.73. The molecule has 0 aliphatic carbocycles. The van der Waals surface area contributed by atoms with Crippen LogP contribution in [-0.4, -0.2) is 35.0 Å². The Morgan fingerprint density at radius 3 is 2.61 bits per heavy atom. The van der Waals surface area contributed by atoms with Crippen molar-refractivity contribution in [1.82, 2.24) is 5.32 Å². The zero-order chi connectivity index (χ0) is 17.2. The van der Waals surface area contributed by atoms with Crippen LogP contribution in [0.25, 0.3) is 0 Å². The van der Waals surface area contributed by atoms with Crippen LogP contribution in [0.1, 0.15) is 6.42 Å². The Morgan fingerprint density at radius 2 is 2.09 bits per heavy atom. The van der Waals surface area contributed by atoms with Crippen LogP contribution in [0.5, 0.6) is 0 Å². The molecule has 8 heteroatoms. The van der Waals surface area contributed by atoms with Crippen molar-refractivity contribution in [1.29, 1.82) is 5.26 Å². The molecule has 3 N–H and O–H groups in total. The number of hydrogen-bond donors (Lipinski definition) is 3. The van der Waals surface area contributed by atoms with E-state index in [0.29, 0.717) is 16.5 Å². The summed E-state index contributed by atoms with van der Waals surface area (Å²) in [6.07, 6.45) is 3.36. The van der Waals surface area contributed by atoms with Crippen molar-refractivity contribution in [2.45, 2.75) is 12.5 Å². The SMILES string of the molecule is CSCCC(NC(=O)/C(C#N)=C\Nc1ccc(Cl)cc1)C(=O)O. The number of benzene rings is 1. The van der Waals surface area contributed by atoms with Gasteiger partial charge >= 0.3 is 5.97 Å². The van der Waals surface area contributed by atoms with Crippen molar-refractivity contribution < 1.29 is 14.7 Å². The van der Waals surface area contributed by atoms with Crippen LogP contribution in [0.4, 0.5) is 5.69 Å². The molecule has 1 unspecified atom stereocenters. The predicted octanol–water partition coefficient (Wildman–Crippen LogP) is 2.48. The van der Waals surface area contributed by atoms with Crippen molar-refractivity contribution in [3.8, 4) is 6.07 Å². The highest BCUT2D eigenvalue weighted by molar-refractivity contribution is 7.98. The first-order valence-corrected chi connectivity index (χ1v) is 8.40. The smallest absolute Gasteiger partial charge is 0.326 e. The molecule has 0 aliphatic heterocycles. The second-order valence-electron chi connectivity index (χ2n) is 4.47. The van der Waals surface area contributed by atoms with Gasteiger partial charge in [0, 0.05) is 16.9 Å². The predicted molar refractivity (Wildman–Crippen MR) is 91.3 cm³/mol. The van der Waals surface area contributed by atoms with Gasteiger partial charge in [-0.2, -0.15) is 17.0 Å². The van der Waals surface area contributed by atoms with E-state index in [2.05, 4.69) is 10.6 Å². The molecule has 0 fully saturated rings. The van der Waals surface area contributed by atoms with Crippen molar-refractivity contribution in [2.75, 3.05) is 17.3 Å². The molecule has 23 heavy (non-hydrogen) atoms. The van der Waals surface area contributed by atoms with Gasteiger partial charge in [0.25, 0.3) is 5.91 Å². The van der Waals surface area contributed by atoms with E-state index in [1.807, 2.05) is 6.26 Å². The molecule has 0 heterocycles. The fourth-order valence-corrected chi connectivity index (χ4v) is 2.18. The maximum atomic E-state index is 12.0. The standard InChI is InChI=1S/C15H16ClN3O3S/c1-23-7-6-13(15(21)22)19-14(20)10(8-17)9-18-12-4-2-11(16)3-5-12/h2-5,9,13,18H,6-7H2,1H3,(H,19,20)(H,21,22)/b10-9-. The Morgan fingerprint density at radius 1 is 1.43 bits per heavy atom. The average Bonchev–Trinajstić information content (AvgIpc) is 2.53. The van der Waals surface area contributed by atoms with Crippen LogP contribution in [-0.2, 0) is 9.59 Å². The molecule has 1 rings (SSSR count). The van der Waals surface area contributed by atoms with Gasteiger partial charge in [-0.1, -0.05) is 11.6 Å². The topological polar surface area (TPSA) is 102 Å². The summed E-state index contributed by atoms with van der Waals surface area (Å²) in [6.45, 7) is 0. The van der Waals surface area contributed by atoms with Crippen LogP contribution in [0.3, 0.4) is 0 Å². The normalized spacial score (nSPS) is 12.1. The zero-order valence-corrected chi connectivity index (χ0v) is 13.9. The van der Waals surface area contributed by atoms with Gasteiger partial charge in [-0.05, 0) is 42.7 Å². The number of thioether (sulfide) groups is 1. The maximum absolute atomic E-state index is 12.0. The van der Waals surface area contributed by atoms with Gasteiger partial charge in [-0.3, -0.25) is 4.79 Å². The first-order valence-electron chi connectivity index (χ1n) is 6.63. The summed E-state index contributed by atoms with van der Waals surface area (Å²) >= 11 is 7.24. The van der Waals surface area contributed by atoms with Gasteiger partial charge in [0.05, 0.1) is 0 Å². The summed E-state index contributed by atoms with van der Waals surface area (Å²) in [5.41, 5.74) is 0.433. The van der Waals surface area contributed by atoms with Gasteiger partial charge in [0.2, 0.25) is 0 Å². The number of nitrogens with zero attached hydrogens (tertiary/aromatic N) is 1. The molecule has 6 nitrogen and oxygen atoms in total. The van der Waals surface area contributed by atoms with Crippen molar-refractivity contribution in [3.63, 3.8) is 0 Å². The van der Waals surface area contributed by atoms with E-state index in [0.717, 1.165) is 0 Å². The quantitative estimate of drug-likeness (QED) is 0.490. The Bertz CT molecular complexity index is 626. The van der Waals surface area contributed by atoms with Crippen LogP contribution in [0, 0.1) is 11.3 Å². The highest BCUT2D eigenvalue weighted by Gasteiger charge is 2.21. The summed E-state index contributed by atoms with van der Waals surface area (Å²) in [7, 11) is 0. The zero-order valence-electron chi connectivity index (χ0n) is 12.4. The summed E-state index contributed by atoms with van der Waals surface area (Å²) < 4.78 is 0. The number of carbonyl (C=O) groups excluding carboxylic acids is 1. The van der Waals surface area contributed by atoms with Crippen LogP contribution in [0.2, 0.25) is 5.02 Å². The van der Waals surface area contributed by atoms with Gasteiger partial charge in [-0.15, -0.1) is 0 Å². The van der Waals surface area contributed by atoms with E-state index in [1.54, 1.807) is 30.3 Å². The molecule has 1 aromatic carbocycles. The van der Waals surface area contributed by atoms with E-state index in [9.17, 15) is 9.59 Å². The maximum Gasteiger partial charge on any atom is 0.326 e. The second-order valence-corrected chi connectivity index (χ2v) is 5.89. The highest BCUT2D eigenvalue weighted by Crippen LogP contribution is 2.13. The summed E-state index contributed by atoms with van der Waals surface area (Å²) in [6, 6.07) is 7.41. The summed E-state index contributed by atoms with van der Waals surface area (Å²) in [5.74, 6) is -1.27. The fourth-order valence-electron chi connectivity index (χ4n) is 1.58. The number of carboxylic acid groups (broad SMARTS) is 1. The minimum absolute atomic E-state index is 0.213. The summed E-state index contributed by atoms with van der Waals surface area (Å²) in [5, 5.41) is 23.8. The second kappa shape index (κ2) is 9.77. The molecule has 0 aliphatic rings. The first-order chi connectivity index (χ1) is 11.0. The number of halogens is 1. The Labute approximate surface area is 143 Å². The van der Waals surface area contributed by atoms with E-state index in [4.69, 9.17) is 22.0 Å². The molecule has 0 aromatic heterocycles. The number of aliphatic carboxylic acids is 1. The number of rotatable bonds is 8. The molecule has 122 valence electrons. The van der Waals surface area contributed by atoms with Crippen molar-refractivity contribution >= 4 is 40.9 Å². The van der Waals surface area contributed by atoms with E-state index in [-0.39, 0.29) is 12.0 Å². The number of nitrogens with one attached hydrogen (secondary N) is 2. The van der Waals surface area contributed by atoms with Crippen LogP contribution in [0.15, 0.2) is 36.0 Å². The molecule has 1 amide bonds. The van der Waals surface area contributed by atoms with Gasteiger partial charge in [-0.25, -0.2) is 4.79 Å². The van der Waals surface area contributed by atoms with Crippen molar-refractivity contribution in [3.05, 3.63) is 41.1 Å². The van der Waals surface area contributed by atoms with Crippen molar-refractivity contribution in [2.24, 2.45) is 0 Å². The Kier molecular flexibility index (Phi) is 8.02. The average molecular weight is 354 g/mol. The lowest BCUT2D eigenvalue weighted by molar-refractivity contribution is -0.141. The molecule has 0 saturated carbocycles. The molecule has 1 aromatic rings. The molecular formula is C15H16ClN3O3S. The number of carbonyl (C=O) groups is 2. The fraction of sp³-hybridized carbons (Fsp3) is 0.267. The van der Waals surface area contributed by atoms with Gasteiger partial charge in [0.1, 0.15) is 17.7 Å². The summed E-state index contributed by atoms with van der Waals surface area (Å²) in [4.78, 5) is 23.1. The van der Waals surface area contributed by atoms with Gasteiger partial charge in [0.15, 0.2) is 0 Å². The number of hydrogen-bond acceptors (Lipinski definition) is 5. The van der Waals surface area contributed by atoms with Crippen LogP contribution < -0.4 is 10.6 Å². The third kappa shape index (κ3) is 6.63. The number of carboxylic acids is 1. The Hall–Kier alpha value is -2.17. The number of amides is 1. The molecule has 0 spiro atoms. The van der Waals surface area contributed by atoms with Crippen LogP contribution >= 0.6 is 23.4 Å². The molecular weight excluding hydrogens is 338 g/mol. The van der Waals surface area contributed by atoms with E-state index in [1.165, 1.54) is 18.0 Å². The monoisotopic (exact) mass is 353 g/mol. The molecule has 0 radical (unpaired) electrons. The third-order valence-electron chi connectivity index (χ3n) is 2.81. The third-order valence-corrected chi connectivity index (χ3v) is 3.70. The molecule has 0 bridgehead atoms. The minimum atomic E-state index is -1.13. The van der Waals surface area contributed by atoms with E-state index < -0.39 is 17.9 Å². The van der Waals surface area contributed by atoms with Gasteiger partial charge < -0.3 is 15.7 Å². The lowest BCUT2D eigenvalue weighted by Gasteiger charge is -2.13. The molecule has 0 saturated heterocycles. The first kappa shape index (κ1) is 18.9. The lowest BCUT2D eigenvalue weighted by atomic mass is 10.2. The molecule has 1 atom stereocenters. The number of nitriles is 1. The minimum Gasteiger partial charge on any atom is -0.480 e.